The molecule has 1 aliphatic heterocycles. The highest BCUT2D eigenvalue weighted by Crippen LogP contribution is 2.23. The number of aryl methyl sites for hydroxylation is 1. The topological polar surface area (TPSA) is 58.5 Å². The number of nitrogens with zero attached hydrogens (tertiary/aromatic N) is 3. The summed E-state index contributed by atoms with van der Waals surface area (Å²) < 4.78 is 1.81. The maximum atomic E-state index is 4.51. The van der Waals surface area contributed by atoms with Gasteiger partial charge in [0, 0.05) is 18.8 Å². The number of rotatable bonds is 2. The Kier molecular flexibility index (Phi) is 3.15. The zero-order valence-corrected chi connectivity index (χ0v) is 10.7. The van der Waals surface area contributed by atoms with E-state index in [4.69, 9.17) is 0 Å². The number of imidazole rings is 1. The number of aromatic amines is 1. The molecule has 2 N–H and O–H groups in total. The lowest BCUT2D eigenvalue weighted by Gasteiger charge is -2.12. The van der Waals surface area contributed by atoms with Crippen molar-refractivity contribution in [3.05, 3.63) is 24.4 Å². The molecule has 18 heavy (non-hydrogen) atoms. The second-order valence-electron chi connectivity index (χ2n) is 4.94. The second kappa shape index (κ2) is 4.94. The van der Waals surface area contributed by atoms with E-state index < -0.39 is 0 Å². The van der Waals surface area contributed by atoms with Gasteiger partial charge in [0.15, 0.2) is 0 Å². The minimum absolute atomic E-state index is 0.373. The van der Waals surface area contributed by atoms with E-state index in [-0.39, 0.29) is 0 Å². The standard InChI is InChI=1S/C13H19N5/c1-18-9-10(7-16-18)12-8-15-13(17-12)11-5-3-2-4-6-14-11/h7-9,11,14H,2-6H2,1H3,(H,15,17). The lowest BCUT2D eigenvalue weighted by Crippen LogP contribution is -2.21. The zero-order chi connectivity index (χ0) is 12.4. The van der Waals surface area contributed by atoms with E-state index in [9.17, 15) is 0 Å². The molecule has 96 valence electrons. The Hall–Kier alpha value is -1.62. The van der Waals surface area contributed by atoms with Crippen LogP contribution in [0.3, 0.4) is 0 Å². The van der Waals surface area contributed by atoms with Gasteiger partial charge in [-0.3, -0.25) is 4.68 Å². The summed E-state index contributed by atoms with van der Waals surface area (Å²) in [6.45, 7) is 1.09. The minimum Gasteiger partial charge on any atom is -0.341 e. The molecule has 0 saturated carbocycles. The van der Waals surface area contributed by atoms with Crippen LogP contribution < -0.4 is 5.32 Å². The summed E-state index contributed by atoms with van der Waals surface area (Å²) in [7, 11) is 1.92. The third-order valence-electron chi connectivity index (χ3n) is 3.50. The van der Waals surface area contributed by atoms with Crippen molar-refractivity contribution in [3.63, 3.8) is 0 Å². The van der Waals surface area contributed by atoms with Crippen molar-refractivity contribution in [1.29, 1.82) is 0 Å². The Bertz CT molecular complexity index is 505. The van der Waals surface area contributed by atoms with Crippen molar-refractivity contribution >= 4 is 0 Å². The number of H-pyrrole nitrogens is 1. The van der Waals surface area contributed by atoms with Gasteiger partial charge in [-0.15, -0.1) is 0 Å². The first-order valence-electron chi connectivity index (χ1n) is 6.60. The average Bonchev–Trinajstić information content (AvgIpc) is 2.92. The van der Waals surface area contributed by atoms with Crippen LogP contribution >= 0.6 is 0 Å². The van der Waals surface area contributed by atoms with Crippen LogP contribution in [0.25, 0.3) is 11.3 Å². The third-order valence-corrected chi connectivity index (χ3v) is 3.50. The van der Waals surface area contributed by atoms with Crippen molar-refractivity contribution < 1.29 is 0 Å². The number of hydrogen-bond acceptors (Lipinski definition) is 3. The molecule has 0 spiro atoms. The van der Waals surface area contributed by atoms with Crippen LogP contribution in [-0.4, -0.2) is 26.3 Å². The van der Waals surface area contributed by atoms with Crippen molar-refractivity contribution in [2.24, 2.45) is 7.05 Å². The summed E-state index contributed by atoms with van der Waals surface area (Å²) in [5.41, 5.74) is 2.13. The Morgan fingerprint density at radius 3 is 3.06 bits per heavy atom. The summed E-state index contributed by atoms with van der Waals surface area (Å²) in [5.74, 6) is 1.05. The maximum Gasteiger partial charge on any atom is 0.123 e. The van der Waals surface area contributed by atoms with Gasteiger partial charge in [-0.1, -0.05) is 12.8 Å². The molecule has 0 bridgehead atoms. The Balaban J connectivity index is 1.80. The van der Waals surface area contributed by atoms with Crippen molar-refractivity contribution in [1.82, 2.24) is 25.1 Å². The molecule has 1 unspecified atom stereocenters. The van der Waals surface area contributed by atoms with Gasteiger partial charge in [0.2, 0.25) is 0 Å². The second-order valence-corrected chi connectivity index (χ2v) is 4.94. The number of hydrogen-bond donors (Lipinski definition) is 2. The molecule has 0 aromatic carbocycles. The normalized spacial score (nSPS) is 20.8. The van der Waals surface area contributed by atoms with Crippen LogP contribution in [0.2, 0.25) is 0 Å². The molecule has 0 radical (unpaired) electrons. The van der Waals surface area contributed by atoms with Crippen LogP contribution in [-0.2, 0) is 7.05 Å². The Morgan fingerprint density at radius 1 is 1.28 bits per heavy atom. The minimum atomic E-state index is 0.373. The van der Waals surface area contributed by atoms with Crippen LogP contribution in [0.4, 0.5) is 0 Å². The molecule has 0 amide bonds. The first kappa shape index (κ1) is 11.5. The van der Waals surface area contributed by atoms with Gasteiger partial charge in [-0.2, -0.15) is 5.10 Å². The summed E-state index contributed by atoms with van der Waals surface area (Å²) >= 11 is 0. The summed E-state index contributed by atoms with van der Waals surface area (Å²) in [4.78, 5) is 7.93. The van der Waals surface area contributed by atoms with E-state index in [1.807, 2.05) is 25.6 Å². The summed E-state index contributed by atoms with van der Waals surface area (Å²) in [6, 6.07) is 0.373. The van der Waals surface area contributed by atoms with Crippen LogP contribution in [0, 0.1) is 0 Å². The van der Waals surface area contributed by atoms with E-state index >= 15 is 0 Å². The van der Waals surface area contributed by atoms with Crippen molar-refractivity contribution in [3.8, 4) is 11.3 Å². The van der Waals surface area contributed by atoms with Gasteiger partial charge in [-0.25, -0.2) is 4.98 Å². The zero-order valence-electron chi connectivity index (χ0n) is 10.7. The predicted octanol–water partition coefficient (Wildman–Crippen LogP) is 2.01. The van der Waals surface area contributed by atoms with E-state index in [1.54, 1.807) is 4.68 Å². The fourth-order valence-corrected chi connectivity index (χ4v) is 2.48. The highest BCUT2D eigenvalue weighted by Gasteiger charge is 2.17. The SMILES string of the molecule is Cn1cc(-c2cnc(C3CCCCCN3)[nH]2)cn1. The van der Waals surface area contributed by atoms with Crippen LogP contribution in [0.5, 0.6) is 0 Å². The van der Waals surface area contributed by atoms with Crippen molar-refractivity contribution in [2.75, 3.05) is 6.54 Å². The van der Waals surface area contributed by atoms with Gasteiger partial charge in [0.1, 0.15) is 5.82 Å². The van der Waals surface area contributed by atoms with Gasteiger partial charge >= 0.3 is 0 Å². The third kappa shape index (κ3) is 2.31. The molecular weight excluding hydrogens is 226 g/mol. The lowest BCUT2D eigenvalue weighted by molar-refractivity contribution is 0.512. The Labute approximate surface area is 107 Å². The van der Waals surface area contributed by atoms with Gasteiger partial charge < -0.3 is 10.3 Å². The first-order chi connectivity index (χ1) is 8.83. The highest BCUT2D eigenvalue weighted by molar-refractivity contribution is 5.56. The molecule has 1 aliphatic rings. The van der Waals surface area contributed by atoms with E-state index in [0.29, 0.717) is 6.04 Å². The van der Waals surface area contributed by atoms with Gasteiger partial charge in [-0.05, 0) is 19.4 Å². The molecule has 2 aromatic heterocycles. The highest BCUT2D eigenvalue weighted by atomic mass is 15.2. The summed E-state index contributed by atoms with van der Waals surface area (Å²) in [5, 5.41) is 7.74. The molecule has 5 heteroatoms. The largest absolute Gasteiger partial charge is 0.341 e. The molecule has 3 rings (SSSR count). The fourth-order valence-electron chi connectivity index (χ4n) is 2.48. The molecule has 3 heterocycles. The molecule has 1 saturated heterocycles. The smallest absolute Gasteiger partial charge is 0.123 e. The van der Waals surface area contributed by atoms with E-state index in [2.05, 4.69) is 20.4 Å². The molecule has 0 aliphatic carbocycles. The average molecular weight is 245 g/mol. The summed E-state index contributed by atoms with van der Waals surface area (Å²) in [6.07, 6.45) is 10.8. The van der Waals surface area contributed by atoms with E-state index in [0.717, 1.165) is 23.6 Å². The predicted molar refractivity (Wildman–Crippen MR) is 70.0 cm³/mol. The van der Waals surface area contributed by atoms with Crippen LogP contribution in [0.1, 0.15) is 37.5 Å². The van der Waals surface area contributed by atoms with Gasteiger partial charge in [0.05, 0.1) is 24.1 Å². The molecule has 5 nitrogen and oxygen atoms in total. The monoisotopic (exact) mass is 245 g/mol. The Morgan fingerprint density at radius 2 is 2.22 bits per heavy atom. The van der Waals surface area contributed by atoms with E-state index in [1.165, 1.54) is 25.7 Å². The van der Waals surface area contributed by atoms with Gasteiger partial charge in [0.25, 0.3) is 0 Å². The fraction of sp³-hybridized carbons (Fsp3) is 0.538. The molecule has 2 aromatic rings. The maximum absolute atomic E-state index is 4.51. The first-order valence-corrected chi connectivity index (χ1v) is 6.60. The molecular formula is C13H19N5. The molecule has 1 atom stereocenters. The lowest BCUT2D eigenvalue weighted by atomic mass is 10.1. The quantitative estimate of drug-likeness (QED) is 0.851. The molecule has 1 fully saturated rings. The van der Waals surface area contributed by atoms with Crippen molar-refractivity contribution in [2.45, 2.75) is 31.7 Å². The number of aromatic nitrogens is 4. The van der Waals surface area contributed by atoms with Crippen LogP contribution in [0.15, 0.2) is 18.6 Å². The number of nitrogens with one attached hydrogen (secondary N) is 2.